The van der Waals surface area contributed by atoms with Gasteiger partial charge in [0.2, 0.25) is 0 Å². The van der Waals surface area contributed by atoms with E-state index in [0.29, 0.717) is 50.0 Å². The van der Waals surface area contributed by atoms with Gasteiger partial charge in [0.1, 0.15) is 11.5 Å². The van der Waals surface area contributed by atoms with Gasteiger partial charge in [0.25, 0.3) is 11.5 Å². The predicted molar refractivity (Wildman–Crippen MR) is 112 cm³/mol. The van der Waals surface area contributed by atoms with E-state index in [-0.39, 0.29) is 11.5 Å². The van der Waals surface area contributed by atoms with Crippen LogP contribution in [-0.4, -0.2) is 29.7 Å². The molecule has 3 rings (SSSR count). The Hall–Kier alpha value is -2.84. The van der Waals surface area contributed by atoms with Crippen LogP contribution in [0.25, 0.3) is 10.9 Å². The number of halogens is 1. The summed E-state index contributed by atoms with van der Waals surface area (Å²) in [7, 11) is 2.97. The molecular weight excluding hydrogens is 402 g/mol. The molecule has 1 heterocycles. The van der Waals surface area contributed by atoms with Crippen LogP contribution < -0.4 is 20.3 Å². The van der Waals surface area contributed by atoms with Crippen molar-refractivity contribution < 1.29 is 14.3 Å². The molecular formula is C19H18ClN3O4S. The minimum Gasteiger partial charge on any atom is -0.495 e. The number of H-pyrrole nitrogens is 1. The second-order valence-corrected chi connectivity index (χ2v) is 6.67. The molecule has 1 aromatic heterocycles. The van der Waals surface area contributed by atoms with Gasteiger partial charge >= 0.3 is 0 Å². The summed E-state index contributed by atoms with van der Waals surface area (Å²) < 4.78 is 12.2. The van der Waals surface area contributed by atoms with Gasteiger partial charge in [-0.2, -0.15) is 0 Å². The second kappa shape index (κ2) is 8.04. The number of nitrogens with zero attached hydrogens (tertiary/aromatic N) is 1. The molecule has 0 unspecified atom stereocenters. The maximum Gasteiger partial charge on any atom is 0.262 e. The quantitative estimate of drug-likeness (QED) is 0.610. The molecule has 0 aliphatic rings. The third kappa shape index (κ3) is 3.61. The third-order valence-corrected chi connectivity index (χ3v) is 4.90. The molecule has 0 saturated carbocycles. The molecule has 0 saturated heterocycles. The zero-order chi connectivity index (χ0) is 20.4. The summed E-state index contributed by atoms with van der Waals surface area (Å²) >= 11 is 11.4. The number of hydrogen-bond donors (Lipinski definition) is 2. The number of fused-ring (bicyclic) bond motifs is 1. The number of aromatic amines is 1. The summed E-state index contributed by atoms with van der Waals surface area (Å²) in [6.07, 6.45) is 0. The minimum absolute atomic E-state index is 0.197. The van der Waals surface area contributed by atoms with Crippen LogP contribution in [0.3, 0.4) is 0 Å². The lowest BCUT2D eigenvalue weighted by molar-refractivity contribution is 0.102. The Labute approximate surface area is 170 Å². The Morgan fingerprint density at radius 2 is 1.93 bits per heavy atom. The fourth-order valence-electron chi connectivity index (χ4n) is 2.84. The lowest BCUT2D eigenvalue weighted by Crippen LogP contribution is -2.21. The number of amides is 1. The van der Waals surface area contributed by atoms with Crippen molar-refractivity contribution in [2.24, 2.45) is 0 Å². The molecule has 0 atom stereocenters. The SMILES string of the molecule is CCn1c(=S)[nH]c2cc(C(=O)Nc3cc(Cl)c(OC)cc3OC)ccc2c1=O. The van der Waals surface area contributed by atoms with Gasteiger partial charge in [-0.05, 0) is 43.4 Å². The van der Waals surface area contributed by atoms with E-state index in [0.717, 1.165) is 0 Å². The van der Waals surface area contributed by atoms with Crippen molar-refractivity contribution in [3.8, 4) is 11.5 Å². The maximum absolute atomic E-state index is 12.7. The summed E-state index contributed by atoms with van der Waals surface area (Å²) in [6.45, 7) is 2.30. The Kier molecular flexibility index (Phi) is 5.71. The van der Waals surface area contributed by atoms with Crippen LogP contribution in [0.2, 0.25) is 5.02 Å². The topological polar surface area (TPSA) is 85.3 Å². The van der Waals surface area contributed by atoms with E-state index in [9.17, 15) is 9.59 Å². The number of benzene rings is 2. The Morgan fingerprint density at radius 1 is 1.21 bits per heavy atom. The zero-order valence-electron chi connectivity index (χ0n) is 15.5. The van der Waals surface area contributed by atoms with Gasteiger partial charge in [-0.3, -0.25) is 14.2 Å². The first-order chi connectivity index (χ1) is 13.4. The molecule has 146 valence electrons. The van der Waals surface area contributed by atoms with Crippen molar-refractivity contribution in [1.29, 1.82) is 0 Å². The number of carbonyl (C=O) groups is 1. The highest BCUT2D eigenvalue weighted by Crippen LogP contribution is 2.36. The fraction of sp³-hybridized carbons (Fsp3) is 0.211. The molecule has 28 heavy (non-hydrogen) atoms. The maximum atomic E-state index is 12.7. The monoisotopic (exact) mass is 419 g/mol. The summed E-state index contributed by atoms with van der Waals surface area (Å²) in [5, 5.41) is 3.55. The molecule has 3 aromatic rings. The summed E-state index contributed by atoms with van der Waals surface area (Å²) in [4.78, 5) is 28.2. The number of rotatable bonds is 5. The number of nitrogens with one attached hydrogen (secondary N) is 2. The van der Waals surface area contributed by atoms with E-state index in [1.54, 1.807) is 30.3 Å². The molecule has 0 bridgehead atoms. The van der Waals surface area contributed by atoms with Crippen LogP contribution in [0.4, 0.5) is 5.69 Å². The zero-order valence-corrected chi connectivity index (χ0v) is 17.0. The van der Waals surface area contributed by atoms with E-state index in [2.05, 4.69) is 10.3 Å². The van der Waals surface area contributed by atoms with Gasteiger partial charge in [-0.15, -0.1) is 0 Å². The Bertz CT molecular complexity index is 1190. The highest BCUT2D eigenvalue weighted by atomic mass is 35.5. The van der Waals surface area contributed by atoms with Crippen molar-refractivity contribution in [2.45, 2.75) is 13.5 Å². The second-order valence-electron chi connectivity index (χ2n) is 5.88. The third-order valence-electron chi connectivity index (χ3n) is 4.28. The van der Waals surface area contributed by atoms with Gasteiger partial charge in [0.05, 0.1) is 35.8 Å². The van der Waals surface area contributed by atoms with Crippen LogP contribution in [0, 0.1) is 4.77 Å². The van der Waals surface area contributed by atoms with Gasteiger partial charge < -0.3 is 19.8 Å². The van der Waals surface area contributed by atoms with E-state index in [1.165, 1.54) is 18.8 Å². The van der Waals surface area contributed by atoms with Crippen molar-refractivity contribution in [2.75, 3.05) is 19.5 Å². The number of hydrogen-bond acceptors (Lipinski definition) is 5. The number of anilines is 1. The highest BCUT2D eigenvalue weighted by Gasteiger charge is 2.15. The van der Waals surface area contributed by atoms with Crippen molar-refractivity contribution in [3.63, 3.8) is 0 Å². The smallest absolute Gasteiger partial charge is 0.262 e. The molecule has 7 nitrogen and oxygen atoms in total. The lowest BCUT2D eigenvalue weighted by atomic mass is 10.1. The van der Waals surface area contributed by atoms with Crippen LogP contribution >= 0.6 is 23.8 Å². The summed E-state index contributed by atoms with van der Waals surface area (Å²) in [6, 6.07) is 7.89. The molecule has 1 amide bonds. The lowest BCUT2D eigenvalue weighted by Gasteiger charge is -2.13. The first-order valence-corrected chi connectivity index (χ1v) is 9.18. The van der Waals surface area contributed by atoms with Crippen LogP contribution in [0.5, 0.6) is 11.5 Å². The van der Waals surface area contributed by atoms with Crippen LogP contribution in [0.15, 0.2) is 35.1 Å². The van der Waals surface area contributed by atoms with Crippen molar-refractivity contribution in [3.05, 3.63) is 56.0 Å². The predicted octanol–water partition coefficient (Wildman–Crippen LogP) is 4.00. The van der Waals surface area contributed by atoms with E-state index in [4.69, 9.17) is 33.3 Å². The number of carbonyl (C=O) groups excluding carboxylic acids is 1. The molecule has 0 fully saturated rings. The van der Waals surface area contributed by atoms with Gasteiger partial charge in [-0.1, -0.05) is 11.6 Å². The first-order valence-electron chi connectivity index (χ1n) is 8.39. The normalized spacial score (nSPS) is 10.7. The molecule has 0 spiro atoms. The number of ether oxygens (including phenoxy) is 2. The fourth-order valence-corrected chi connectivity index (χ4v) is 3.40. The molecule has 0 radical (unpaired) electrons. The average Bonchev–Trinajstić information content (AvgIpc) is 2.68. The summed E-state index contributed by atoms with van der Waals surface area (Å²) in [5.74, 6) is 0.447. The molecule has 9 heteroatoms. The first kappa shape index (κ1) is 19.9. The van der Waals surface area contributed by atoms with Crippen LogP contribution in [0.1, 0.15) is 17.3 Å². The molecule has 2 N–H and O–H groups in total. The van der Waals surface area contributed by atoms with E-state index in [1.807, 2.05) is 6.92 Å². The van der Waals surface area contributed by atoms with Gasteiger partial charge in [0.15, 0.2) is 4.77 Å². The van der Waals surface area contributed by atoms with Gasteiger partial charge in [0, 0.05) is 18.2 Å². The molecule has 0 aliphatic heterocycles. The largest absolute Gasteiger partial charge is 0.495 e. The summed E-state index contributed by atoms with van der Waals surface area (Å²) in [5.41, 5.74) is 1.04. The molecule has 2 aromatic carbocycles. The number of methoxy groups -OCH3 is 2. The number of aromatic nitrogens is 2. The van der Waals surface area contributed by atoms with Crippen molar-refractivity contribution >= 4 is 46.3 Å². The molecule has 0 aliphatic carbocycles. The van der Waals surface area contributed by atoms with Gasteiger partial charge in [-0.25, -0.2) is 0 Å². The highest BCUT2D eigenvalue weighted by molar-refractivity contribution is 7.71. The Balaban J connectivity index is 2.00. The Morgan fingerprint density at radius 3 is 2.57 bits per heavy atom. The van der Waals surface area contributed by atoms with E-state index < -0.39 is 0 Å². The van der Waals surface area contributed by atoms with E-state index >= 15 is 0 Å². The minimum atomic E-state index is -0.388. The average molecular weight is 420 g/mol. The standard InChI is InChI=1S/C19H18ClN3O4S/c1-4-23-18(25)11-6-5-10(7-13(11)22-19(23)28)17(24)21-14-8-12(20)15(26-2)9-16(14)27-3/h5-9H,4H2,1-3H3,(H,21,24)(H,22,28). The van der Waals surface area contributed by atoms with Crippen molar-refractivity contribution in [1.82, 2.24) is 9.55 Å². The van der Waals surface area contributed by atoms with Crippen LogP contribution in [-0.2, 0) is 6.54 Å².